The van der Waals surface area contributed by atoms with E-state index in [0.29, 0.717) is 16.8 Å². The number of rotatable bonds is 8. The maximum absolute atomic E-state index is 14.8. The van der Waals surface area contributed by atoms with Crippen molar-refractivity contribution in [3.05, 3.63) is 60.7 Å². The Kier molecular flexibility index (Phi) is 7.26. The summed E-state index contributed by atoms with van der Waals surface area (Å²) in [7, 11) is -3.91. The van der Waals surface area contributed by atoms with Gasteiger partial charge < -0.3 is 10.8 Å². The van der Waals surface area contributed by atoms with Gasteiger partial charge in [-0.2, -0.15) is 4.13 Å². The number of aromatic nitrogens is 2. The quantitative estimate of drug-likeness (QED) is 0.439. The van der Waals surface area contributed by atoms with Crippen molar-refractivity contribution < 1.29 is 17.9 Å². The average Bonchev–Trinajstić information content (AvgIpc) is 2.74. The molecule has 0 aliphatic rings. The Balaban J connectivity index is 1.94. The van der Waals surface area contributed by atoms with Crippen LogP contribution in [0.4, 0.5) is 10.2 Å². The molecule has 3 rings (SSSR count). The lowest BCUT2D eigenvalue weighted by atomic mass is 10.0. The molecule has 1 atom stereocenters. The van der Waals surface area contributed by atoms with Gasteiger partial charge >= 0.3 is 0 Å². The van der Waals surface area contributed by atoms with Gasteiger partial charge in [0.05, 0.1) is 29.6 Å². The number of nitrogens with zero attached hydrogens (tertiary/aromatic N) is 2. The topological polar surface area (TPSA) is 118 Å². The number of aliphatic hydroxyl groups is 1. The van der Waals surface area contributed by atoms with Gasteiger partial charge in [-0.25, -0.2) is 17.8 Å². The van der Waals surface area contributed by atoms with Crippen LogP contribution in [-0.4, -0.2) is 35.3 Å². The molecule has 0 radical (unpaired) electrons. The van der Waals surface area contributed by atoms with Crippen molar-refractivity contribution >= 4 is 27.8 Å². The molecule has 164 valence electrons. The van der Waals surface area contributed by atoms with E-state index in [1.807, 2.05) is 13.8 Å². The monoisotopic (exact) mass is 462 g/mol. The summed E-state index contributed by atoms with van der Waals surface area (Å²) < 4.78 is 43.2. The molecular weight excluding hydrogens is 439 g/mol. The number of nitrogen functional groups attached to an aromatic ring is 1. The molecule has 7 nitrogen and oxygen atoms in total. The molecule has 0 saturated heterocycles. The number of hydrogen-bond donors (Lipinski definition) is 3. The SMILES string of the molecule is CC(C)[C@H](CO)SNS(=O)(=O)c1ccccc1-c1ccc(-c2cnc(N)cn2)c(F)c1. The predicted molar refractivity (Wildman–Crippen MR) is 121 cm³/mol. The summed E-state index contributed by atoms with van der Waals surface area (Å²) in [5.41, 5.74) is 6.83. The van der Waals surface area contributed by atoms with E-state index in [-0.39, 0.29) is 34.1 Å². The zero-order valence-corrected chi connectivity index (χ0v) is 18.6. The summed E-state index contributed by atoms with van der Waals surface area (Å²) in [6.07, 6.45) is 2.71. The Morgan fingerprint density at radius 1 is 1.13 bits per heavy atom. The molecule has 31 heavy (non-hydrogen) atoms. The molecule has 10 heteroatoms. The number of nitrogens with one attached hydrogen (secondary N) is 1. The van der Waals surface area contributed by atoms with Crippen molar-refractivity contribution in [1.82, 2.24) is 14.1 Å². The van der Waals surface area contributed by atoms with Gasteiger partial charge in [-0.1, -0.05) is 50.1 Å². The minimum atomic E-state index is -3.91. The zero-order chi connectivity index (χ0) is 22.6. The molecule has 3 aromatic rings. The first-order valence-corrected chi connectivity index (χ1v) is 11.8. The van der Waals surface area contributed by atoms with Crippen molar-refractivity contribution in [2.45, 2.75) is 24.0 Å². The van der Waals surface area contributed by atoms with Crippen LogP contribution in [0, 0.1) is 11.7 Å². The summed E-state index contributed by atoms with van der Waals surface area (Å²) in [6, 6.07) is 10.8. The highest BCUT2D eigenvalue weighted by Gasteiger charge is 2.23. The van der Waals surface area contributed by atoms with Crippen LogP contribution in [-0.2, 0) is 10.0 Å². The van der Waals surface area contributed by atoms with Gasteiger partial charge in [-0.05, 0) is 29.7 Å². The lowest BCUT2D eigenvalue weighted by molar-refractivity contribution is 0.275. The number of anilines is 1. The molecule has 0 amide bonds. The highest BCUT2D eigenvalue weighted by atomic mass is 32.3. The second kappa shape index (κ2) is 9.73. The second-order valence-electron chi connectivity index (χ2n) is 7.19. The van der Waals surface area contributed by atoms with E-state index in [4.69, 9.17) is 5.73 Å². The first-order chi connectivity index (χ1) is 14.7. The number of aliphatic hydroxyl groups excluding tert-OH is 1. The zero-order valence-electron chi connectivity index (χ0n) is 17.0. The van der Waals surface area contributed by atoms with Crippen LogP contribution in [0.1, 0.15) is 13.8 Å². The molecule has 0 saturated carbocycles. The second-order valence-corrected chi connectivity index (χ2v) is 10.1. The van der Waals surface area contributed by atoms with Crippen LogP contribution in [0.15, 0.2) is 59.8 Å². The smallest absolute Gasteiger partial charge is 0.250 e. The minimum absolute atomic E-state index is 0.0161. The average molecular weight is 463 g/mol. The van der Waals surface area contributed by atoms with Crippen LogP contribution in [0.25, 0.3) is 22.4 Å². The van der Waals surface area contributed by atoms with Gasteiger partial charge in [0.25, 0.3) is 0 Å². The predicted octanol–water partition coefficient (Wildman–Crippen LogP) is 3.48. The molecule has 0 fully saturated rings. The Labute approximate surface area is 185 Å². The van der Waals surface area contributed by atoms with Gasteiger partial charge in [0.15, 0.2) is 0 Å². The van der Waals surface area contributed by atoms with Crippen molar-refractivity contribution in [3.8, 4) is 22.4 Å². The standard InChI is InChI=1S/C21H23FN4O3S2/c1-13(2)19(12-27)30-26-31(28,29)20-6-4-3-5-15(20)14-7-8-16(17(22)9-14)18-10-25-21(23)11-24-18/h3-11,13,19,26-27H,12H2,1-2H3,(H2,23,25)/t19-/m0/s1. The lowest BCUT2D eigenvalue weighted by Gasteiger charge is -2.18. The molecule has 1 heterocycles. The van der Waals surface area contributed by atoms with E-state index >= 15 is 0 Å². The van der Waals surface area contributed by atoms with Crippen molar-refractivity contribution in [2.75, 3.05) is 12.3 Å². The van der Waals surface area contributed by atoms with Crippen LogP contribution in [0.2, 0.25) is 0 Å². The van der Waals surface area contributed by atoms with E-state index in [2.05, 4.69) is 14.1 Å². The third kappa shape index (κ3) is 5.40. The highest BCUT2D eigenvalue weighted by Crippen LogP contribution is 2.32. The summed E-state index contributed by atoms with van der Waals surface area (Å²) in [5, 5.41) is 9.16. The number of nitrogens with two attached hydrogens (primary N) is 1. The lowest BCUT2D eigenvalue weighted by Crippen LogP contribution is -2.25. The molecule has 1 aromatic heterocycles. The van der Waals surface area contributed by atoms with Gasteiger partial charge in [0, 0.05) is 16.4 Å². The van der Waals surface area contributed by atoms with Gasteiger partial charge in [0.2, 0.25) is 10.0 Å². The number of benzene rings is 2. The first-order valence-electron chi connectivity index (χ1n) is 9.48. The van der Waals surface area contributed by atoms with Crippen LogP contribution in [0.3, 0.4) is 0 Å². The molecule has 0 unspecified atom stereocenters. The summed E-state index contributed by atoms with van der Waals surface area (Å²) in [4.78, 5) is 8.01. The molecular formula is C21H23FN4O3S2. The third-order valence-electron chi connectivity index (χ3n) is 4.64. The fourth-order valence-corrected chi connectivity index (χ4v) is 5.30. The number of sulfonamides is 1. The van der Waals surface area contributed by atoms with Crippen LogP contribution < -0.4 is 9.86 Å². The summed E-state index contributed by atoms with van der Waals surface area (Å²) >= 11 is 0.952. The molecule has 2 aromatic carbocycles. The Morgan fingerprint density at radius 3 is 2.48 bits per heavy atom. The first kappa shape index (κ1) is 23.1. The fourth-order valence-electron chi connectivity index (χ4n) is 2.86. The molecule has 0 spiro atoms. The van der Waals surface area contributed by atoms with E-state index in [1.165, 1.54) is 30.6 Å². The van der Waals surface area contributed by atoms with Crippen LogP contribution >= 0.6 is 11.9 Å². The van der Waals surface area contributed by atoms with Gasteiger partial charge in [0.1, 0.15) is 11.6 Å². The van der Waals surface area contributed by atoms with E-state index < -0.39 is 15.8 Å². The molecule has 0 bridgehead atoms. The Morgan fingerprint density at radius 2 is 1.87 bits per heavy atom. The largest absolute Gasteiger partial charge is 0.395 e. The van der Waals surface area contributed by atoms with Crippen molar-refractivity contribution in [2.24, 2.45) is 5.92 Å². The summed E-state index contributed by atoms with van der Waals surface area (Å²) in [6.45, 7) is 3.63. The van der Waals surface area contributed by atoms with Crippen LogP contribution in [0.5, 0.6) is 0 Å². The van der Waals surface area contributed by atoms with Gasteiger partial charge in [-0.15, -0.1) is 0 Å². The Hall–Kier alpha value is -2.53. The maximum atomic E-state index is 14.8. The normalized spacial score (nSPS) is 12.8. The van der Waals surface area contributed by atoms with E-state index in [0.717, 1.165) is 11.9 Å². The molecule has 0 aliphatic heterocycles. The number of hydrogen-bond acceptors (Lipinski definition) is 7. The minimum Gasteiger partial charge on any atom is -0.395 e. The van der Waals surface area contributed by atoms with E-state index in [9.17, 15) is 17.9 Å². The third-order valence-corrected chi connectivity index (χ3v) is 7.83. The fraction of sp³-hybridized carbons (Fsp3) is 0.238. The Bertz CT molecular complexity index is 1160. The highest BCUT2D eigenvalue weighted by molar-refractivity contribution is 8.09. The van der Waals surface area contributed by atoms with Gasteiger partial charge in [-0.3, -0.25) is 4.98 Å². The van der Waals surface area contributed by atoms with Crippen molar-refractivity contribution in [1.29, 1.82) is 0 Å². The summed E-state index contributed by atoms with van der Waals surface area (Å²) in [5.74, 6) is -0.261. The molecule has 0 aliphatic carbocycles. The number of halogens is 1. The molecule has 4 N–H and O–H groups in total. The maximum Gasteiger partial charge on any atom is 0.250 e. The van der Waals surface area contributed by atoms with E-state index in [1.54, 1.807) is 24.3 Å². The van der Waals surface area contributed by atoms with Crippen molar-refractivity contribution in [3.63, 3.8) is 0 Å².